The third kappa shape index (κ3) is 3.70. The Hall–Kier alpha value is -1.10. The van der Waals surface area contributed by atoms with Crippen molar-refractivity contribution in [2.24, 2.45) is 5.41 Å². The molecule has 0 aromatic heterocycles. The van der Waals surface area contributed by atoms with E-state index in [2.05, 4.69) is 19.2 Å². The molecule has 2 N–H and O–H groups in total. The average Bonchev–Trinajstić information content (AvgIpc) is 2.28. The molecule has 0 aromatic rings. The van der Waals surface area contributed by atoms with Crippen LogP contribution >= 0.6 is 0 Å². The van der Waals surface area contributed by atoms with E-state index in [-0.39, 0.29) is 23.8 Å². The zero-order valence-corrected chi connectivity index (χ0v) is 11.0. The number of aliphatic carboxylic acids is 1. The summed E-state index contributed by atoms with van der Waals surface area (Å²) in [5.74, 6) is -1.05. The number of hydrogen-bond donors (Lipinski definition) is 2. The molecule has 1 saturated heterocycles. The van der Waals surface area contributed by atoms with Crippen LogP contribution in [0.5, 0.6) is 0 Å². The number of carbonyl (C=O) groups excluding carboxylic acids is 1. The van der Waals surface area contributed by atoms with Crippen molar-refractivity contribution < 1.29 is 14.7 Å². The first kappa shape index (κ1) is 14.0. The molecule has 0 spiro atoms. The first-order valence-corrected chi connectivity index (χ1v) is 5.98. The molecule has 98 valence electrons. The highest BCUT2D eigenvalue weighted by Crippen LogP contribution is 2.22. The van der Waals surface area contributed by atoms with Gasteiger partial charge in [0.1, 0.15) is 0 Å². The number of hydrogen-bond acceptors (Lipinski definition) is 3. The summed E-state index contributed by atoms with van der Waals surface area (Å²) in [5, 5.41) is 11.9. The van der Waals surface area contributed by atoms with E-state index < -0.39 is 12.0 Å². The van der Waals surface area contributed by atoms with Crippen molar-refractivity contribution >= 4 is 11.9 Å². The lowest BCUT2D eigenvalue weighted by Gasteiger charge is -2.32. The topological polar surface area (TPSA) is 69.6 Å². The number of nitrogens with zero attached hydrogens (tertiary/aromatic N) is 1. The molecule has 1 aliphatic rings. The lowest BCUT2D eigenvalue weighted by molar-refractivity contribution is -0.143. The van der Waals surface area contributed by atoms with Gasteiger partial charge in [0, 0.05) is 19.1 Å². The number of rotatable bonds is 3. The predicted molar refractivity (Wildman–Crippen MR) is 64.7 cm³/mol. The number of carboxylic acids is 1. The molecule has 5 nitrogen and oxygen atoms in total. The van der Waals surface area contributed by atoms with E-state index >= 15 is 0 Å². The van der Waals surface area contributed by atoms with Crippen molar-refractivity contribution in [3.8, 4) is 0 Å². The third-order valence-corrected chi connectivity index (χ3v) is 3.01. The predicted octanol–water partition coefficient (Wildman–Crippen LogP) is 0.696. The van der Waals surface area contributed by atoms with E-state index in [0.717, 1.165) is 0 Å². The molecule has 17 heavy (non-hydrogen) atoms. The Bertz CT molecular complexity index is 313. The van der Waals surface area contributed by atoms with Crippen molar-refractivity contribution in [1.82, 2.24) is 10.2 Å². The zero-order valence-electron chi connectivity index (χ0n) is 11.0. The van der Waals surface area contributed by atoms with Crippen LogP contribution in [0.3, 0.4) is 0 Å². The number of carbonyl (C=O) groups is 2. The SMILES string of the molecule is CC(C)N1CC(C)(C)CNC(CC(=O)O)C1=O. The molecule has 1 rings (SSSR count). The lowest BCUT2D eigenvalue weighted by Crippen LogP contribution is -2.47. The van der Waals surface area contributed by atoms with Gasteiger partial charge < -0.3 is 15.3 Å². The minimum absolute atomic E-state index is 0.0345. The highest BCUT2D eigenvalue weighted by atomic mass is 16.4. The lowest BCUT2D eigenvalue weighted by atomic mass is 9.93. The monoisotopic (exact) mass is 242 g/mol. The summed E-state index contributed by atoms with van der Waals surface area (Å²) in [7, 11) is 0. The minimum Gasteiger partial charge on any atom is -0.481 e. The fourth-order valence-electron chi connectivity index (χ4n) is 2.05. The Morgan fingerprint density at radius 1 is 1.59 bits per heavy atom. The fourth-order valence-corrected chi connectivity index (χ4v) is 2.05. The Kier molecular flexibility index (Phi) is 4.14. The molecule has 0 aliphatic carbocycles. The van der Waals surface area contributed by atoms with Crippen LogP contribution < -0.4 is 5.32 Å². The molecule has 1 amide bonds. The van der Waals surface area contributed by atoms with Crippen LogP contribution in [0.15, 0.2) is 0 Å². The van der Waals surface area contributed by atoms with Gasteiger partial charge in [-0.25, -0.2) is 0 Å². The van der Waals surface area contributed by atoms with E-state index in [1.807, 2.05) is 13.8 Å². The van der Waals surface area contributed by atoms with Crippen molar-refractivity contribution in [3.05, 3.63) is 0 Å². The van der Waals surface area contributed by atoms with E-state index in [0.29, 0.717) is 13.1 Å². The Morgan fingerprint density at radius 2 is 2.18 bits per heavy atom. The Balaban J connectivity index is 2.89. The smallest absolute Gasteiger partial charge is 0.305 e. The van der Waals surface area contributed by atoms with E-state index in [4.69, 9.17) is 5.11 Å². The van der Waals surface area contributed by atoms with Gasteiger partial charge in [-0.1, -0.05) is 13.8 Å². The number of nitrogens with one attached hydrogen (secondary N) is 1. The second kappa shape index (κ2) is 5.04. The van der Waals surface area contributed by atoms with Crippen LogP contribution in [0.1, 0.15) is 34.1 Å². The van der Waals surface area contributed by atoms with Gasteiger partial charge in [0.2, 0.25) is 5.91 Å². The average molecular weight is 242 g/mol. The summed E-state index contributed by atoms with van der Waals surface area (Å²) < 4.78 is 0. The molecule has 0 radical (unpaired) electrons. The van der Waals surface area contributed by atoms with Crippen LogP contribution in [0.25, 0.3) is 0 Å². The molecule has 1 atom stereocenters. The Morgan fingerprint density at radius 3 is 2.65 bits per heavy atom. The van der Waals surface area contributed by atoms with Crippen LogP contribution in [0.2, 0.25) is 0 Å². The summed E-state index contributed by atoms with van der Waals surface area (Å²) in [6.45, 7) is 9.37. The number of amides is 1. The van der Waals surface area contributed by atoms with Gasteiger partial charge in [-0.3, -0.25) is 9.59 Å². The Labute approximate surface area is 102 Å². The summed E-state index contributed by atoms with van der Waals surface area (Å²) in [6, 6.07) is -0.505. The van der Waals surface area contributed by atoms with Crippen molar-refractivity contribution in [2.45, 2.75) is 46.2 Å². The first-order valence-electron chi connectivity index (χ1n) is 5.98. The van der Waals surface area contributed by atoms with Gasteiger partial charge in [0.05, 0.1) is 12.5 Å². The highest BCUT2D eigenvalue weighted by Gasteiger charge is 2.36. The molecule has 0 bridgehead atoms. The maximum absolute atomic E-state index is 12.2. The van der Waals surface area contributed by atoms with Crippen LogP contribution in [0, 0.1) is 5.41 Å². The first-order chi connectivity index (χ1) is 7.73. The van der Waals surface area contributed by atoms with Crippen molar-refractivity contribution in [3.63, 3.8) is 0 Å². The van der Waals surface area contributed by atoms with Crippen LogP contribution in [-0.4, -0.2) is 47.1 Å². The van der Waals surface area contributed by atoms with Gasteiger partial charge in [0.25, 0.3) is 0 Å². The summed E-state index contributed by atoms with van der Waals surface area (Å²) in [6.07, 6.45) is -0.155. The quantitative estimate of drug-likeness (QED) is 0.764. The molecule has 1 unspecified atom stereocenters. The van der Waals surface area contributed by atoms with E-state index in [9.17, 15) is 9.59 Å². The highest BCUT2D eigenvalue weighted by molar-refractivity contribution is 5.86. The van der Waals surface area contributed by atoms with Gasteiger partial charge in [-0.05, 0) is 19.3 Å². The minimum atomic E-state index is -0.945. The molecule has 0 aromatic carbocycles. The van der Waals surface area contributed by atoms with Crippen LogP contribution in [-0.2, 0) is 9.59 Å². The largest absolute Gasteiger partial charge is 0.481 e. The zero-order chi connectivity index (χ0) is 13.2. The summed E-state index contributed by atoms with van der Waals surface area (Å²) in [4.78, 5) is 24.7. The van der Waals surface area contributed by atoms with Gasteiger partial charge in [0.15, 0.2) is 0 Å². The summed E-state index contributed by atoms with van der Waals surface area (Å²) >= 11 is 0. The van der Waals surface area contributed by atoms with Gasteiger partial charge >= 0.3 is 5.97 Å². The standard InChI is InChI=1S/C12H22N2O3/c1-8(2)14-7-12(3,4)6-13-9(11(14)17)5-10(15)16/h8-9,13H,5-7H2,1-4H3,(H,15,16). The molecular weight excluding hydrogens is 220 g/mol. The maximum Gasteiger partial charge on any atom is 0.305 e. The second-order valence-corrected chi connectivity index (χ2v) is 5.76. The fraction of sp³-hybridized carbons (Fsp3) is 0.833. The van der Waals surface area contributed by atoms with Gasteiger partial charge in [-0.15, -0.1) is 0 Å². The normalized spacial score (nSPS) is 24.9. The molecule has 1 aliphatic heterocycles. The molecule has 0 saturated carbocycles. The molecule has 1 heterocycles. The maximum atomic E-state index is 12.2. The second-order valence-electron chi connectivity index (χ2n) is 5.76. The molecular formula is C12H22N2O3. The van der Waals surface area contributed by atoms with Gasteiger partial charge in [-0.2, -0.15) is 0 Å². The van der Waals surface area contributed by atoms with Crippen molar-refractivity contribution in [1.29, 1.82) is 0 Å². The van der Waals surface area contributed by atoms with Crippen molar-refractivity contribution in [2.75, 3.05) is 13.1 Å². The third-order valence-electron chi connectivity index (χ3n) is 3.01. The van der Waals surface area contributed by atoms with Crippen LogP contribution in [0.4, 0.5) is 0 Å². The van der Waals surface area contributed by atoms with E-state index in [1.165, 1.54) is 0 Å². The summed E-state index contributed by atoms with van der Waals surface area (Å²) in [5.41, 5.74) is -0.0345. The molecule has 1 fully saturated rings. The molecule has 5 heteroatoms. The number of carboxylic acid groups (broad SMARTS) is 1. The van der Waals surface area contributed by atoms with E-state index in [1.54, 1.807) is 4.90 Å².